The molecule has 0 bridgehead atoms. The van der Waals surface area contributed by atoms with Gasteiger partial charge in [-0.15, -0.1) is 0 Å². The van der Waals surface area contributed by atoms with Gasteiger partial charge >= 0.3 is 0 Å². The molecule has 2 heteroatoms. The Morgan fingerprint density at radius 3 is 2.25 bits per heavy atom. The van der Waals surface area contributed by atoms with Crippen LogP contribution in [0.5, 0.6) is 0 Å². The molecule has 1 aromatic carbocycles. The molecule has 0 radical (unpaired) electrons. The number of aliphatic hydroxyl groups is 1. The van der Waals surface area contributed by atoms with E-state index in [2.05, 4.69) is 13.0 Å². The van der Waals surface area contributed by atoms with E-state index in [1.807, 2.05) is 30.3 Å². The fraction of sp³-hybridized carbons (Fsp3) is 0.611. The predicted molar refractivity (Wildman–Crippen MR) is 81.0 cm³/mol. The second-order valence-electron chi connectivity index (χ2n) is 6.08. The molecule has 0 spiro atoms. The van der Waals surface area contributed by atoms with E-state index < -0.39 is 11.0 Å². The summed E-state index contributed by atoms with van der Waals surface area (Å²) in [5, 5.41) is 21.3. The molecule has 108 valence electrons. The van der Waals surface area contributed by atoms with Gasteiger partial charge in [-0.2, -0.15) is 5.26 Å². The van der Waals surface area contributed by atoms with Crippen LogP contribution in [0.1, 0.15) is 63.9 Å². The Bertz CT molecular complexity index is 454. The van der Waals surface area contributed by atoms with Gasteiger partial charge in [-0.3, -0.25) is 0 Å². The van der Waals surface area contributed by atoms with Crippen molar-refractivity contribution >= 4 is 0 Å². The molecule has 1 atom stereocenters. The SMILES string of the molecule is CCCC(O)(c1ccccc1)C1(C#N)CCCCCC1. The smallest absolute Gasteiger partial charge is 0.108 e. The average molecular weight is 271 g/mol. The van der Waals surface area contributed by atoms with Gasteiger partial charge in [0.15, 0.2) is 0 Å². The van der Waals surface area contributed by atoms with Gasteiger partial charge in [0.1, 0.15) is 5.60 Å². The first-order valence-corrected chi connectivity index (χ1v) is 7.88. The van der Waals surface area contributed by atoms with E-state index in [9.17, 15) is 10.4 Å². The third-order valence-corrected chi connectivity index (χ3v) is 4.83. The maximum Gasteiger partial charge on any atom is 0.108 e. The average Bonchev–Trinajstić information content (AvgIpc) is 2.75. The summed E-state index contributed by atoms with van der Waals surface area (Å²) >= 11 is 0. The zero-order valence-electron chi connectivity index (χ0n) is 12.4. The van der Waals surface area contributed by atoms with Gasteiger partial charge in [-0.1, -0.05) is 69.4 Å². The highest BCUT2D eigenvalue weighted by Gasteiger charge is 2.50. The summed E-state index contributed by atoms with van der Waals surface area (Å²) in [6, 6.07) is 12.3. The monoisotopic (exact) mass is 271 g/mol. The molecule has 0 aromatic heterocycles. The third-order valence-electron chi connectivity index (χ3n) is 4.83. The Balaban J connectivity index is 2.47. The zero-order chi connectivity index (χ0) is 14.5. The molecule has 0 aliphatic heterocycles. The minimum atomic E-state index is -1.01. The topological polar surface area (TPSA) is 44.0 Å². The summed E-state index contributed by atoms with van der Waals surface area (Å²) in [7, 11) is 0. The minimum Gasteiger partial charge on any atom is -0.383 e. The molecule has 2 nitrogen and oxygen atoms in total. The molecular weight excluding hydrogens is 246 g/mol. The molecule has 1 saturated carbocycles. The van der Waals surface area contributed by atoms with Crippen LogP contribution < -0.4 is 0 Å². The van der Waals surface area contributed by atoms with Crippen molar-refractivity contribution in [3.05, 3.63) is 35.9 Å². The molecule has 1 fully saturated rings. The van der Waals surface area contributed by atoms with Crippen molar-refractivity contribution in [3.8, 4) is 6.07 Å². The van der Waals surface area contributed by atoms with Crippen LogP contribution in [0.25, 0.3) is 0 Å². The molecular formula is C18H25NO. The van der Waals surface area contributed by atoms with Gasteiger partial charge in [0.25, 0.3) is 0 Å². The van der Waals surface area contributed by atoms with Crippen molar-refractivity contribution in [3.63, 3.8) is 0 Å². The molecule has 0 amide bonds. The van der Waals surface area contributed by atoms with Crippen LogP contribution in [-0.4, -0.2) is 5.11 Å². The lowest BCUT2D eigenvalue weighted by molar-refractivity contribution is -0.0771. The van der Waals surface area contributed by atoms with Crippen molar-refractivity contribution in [1.29, 1.82) is 5.26 Å². The number of rotatable bonds is 4. The highest BCUT2D eigenvalue weighted by Crippen LogP contribution is 2.51. The number of hydrogen-bond donors (Lipinski definition) is 1. The lowest BCUT2D eigenvalue weighted by Gasteiger charge is -2.43. The van der Waals surface area contributed by atoms with Crippen LogP contribution in [0.2, 0.25) is 0 Å². The van der Waals surface area contributed by atoms with Crippen LogP contribution in [0, 0.1) is 16.7 Å². The van der Waals surface area contributed by atoms with Crippen molar-refractivity contribution in [2.45, 2.75) is 63.9 Å². The summed E-state index contributed by atoms with van der Waals surface area (Å²) in [5.74, 6) is 0. The van der Waals surface area contributed by atoms with Gasteiger partial charge in [-0.25, -0.2) is 0 Å². The Morgan fingerprint density at radius 2 is 1.75 bits per heavy atom. The largest absolute Gasteiger partial charge is 0.383 e. The van der Waals surface area contributed by atoms with E-state index in [0.29, 0.717) is 6.42 Å². The van der Waals surface area contributed by atoms with Crippen molar-refractivity contribution in [2.24, 2.45) is 5.41 Å². The van der Waals surface area contributed by atoms with E-state index in [1.54, 1.807) is 0 Å². The standard InChI is InChI=1S/C18H25NO/c1-2-12-18(20,16-10-6-5-7-11-16)17(15-19)13-8-3-4-9-14-17/h5-7,10-11,20H,2-4,8-9,12-14H2,1H3. The second-order valence-corrected chi connectivity index (χ2v) is 6.08. The molecule has 1 unspecified atom stereocenters. The lowest BCUT2D eigenvalue weighted by Crippen LogP contribution is -2.45. The van der Waals surface area contributed by atoms with Gasteiger partial charge < -0.3 is 5.11 Å². The zero-order valence-corrected chi connectivity index (χ0v) is 12.4. The molecule has 1 aromatic rings. The van der Waals surface area contributed by atoms with Crippen LogP contribution in [-0.2, 0) is 5.60 Å². The molecule has 20 heavy (non-hydrogen) atoms. The first kappa shape index (κ1) is 15.1. The maximum atomic E-state index is 11.5. The first-order valence-electron chi connectivity index (χ1n) is 7.88. The normalized spacial score (nSPS) is 21.4. The van der Waals surface area contributed by atoms with Crippen LogP contribution in [0.4, 0.5) is 0 Å². The van der Waals surface area contributed by atoms with E-state index in [0.717, 1.165) is 37.7 Å². The summed E-state index contributed by atoms with van der Waals surface area (Å²) in [5.41, 5.74) is -0.728. The van der Waals surface area contributed by atoms with Crippen LogP contribution in [0.15, 0.2) is 30.3 Å². The molecule has 0 saturated heterocycles. The Morgan fingerprint density at radius 1 is 1.15 bits per heavy atom. The minimum absolute atomic E-state index is 0.624. The Labute approximate surface area is 122 Å². The fourth-order valence-electron chi connectivity index (χ4n) is 3.69. The predicted octanol–water partition coefficient (Wildman–Crippen LogP) is 4.54. The van der Waals surface area contributed by atoms with Crippen molar-refractivity contribution in [2.75, 3.05) is 0 Å². The van der Waals surface area contributed by atoms with Crippen molar-refractivity contribution in [1.82, 2.24) is 0 Å². The Kier molecular flexibility index (Phi) is 4.83. The number of benzene rings is 1. The molecule has 1 N–H and O–H groups in total. The van der Waals surface area contributed by atoms with Gasteiger partial charge in [-0.05, 0) is 24.8 Å². The van der Waals surface area contributed by atoms with Gasteiger partial charge in [0.2, 0.25) is 0 Å². The Hall–Kier alpha value is -1.33. The maximum absolute atomic E-state index is 11.5. The van der Waals surface area contributed by atoms with Crippen LogP contribution in [0.3, 0.4) is 0 Å². The quantitative estimate of drug-likeness (QED) is 0.817. The second kappa shape index (κ2) is 6.41. The summed E-state index contributed by atoms with van der Waals surface area (Å²) in [4.78, 5) is 0. The van der Waals surface area contributed by atoms with E-state index in [4.69, 9.17) is 0 Å². The van der Waals surface area contributed by atoms with Gasteiger partial charge in [0.05, 0.1) is 11.5 Å². The molecule has 2 rings (SSSR count). The molecule has 1 aliphatic carbocycles. The highest BCUT2D eigenvalue weighted by molar-refractivity contribution is 5.29. The van der Waals surface area contributed by atoms with E-state index in [-0.39, 0.29) is 0 Å². The number of nitriles is 1. The van der Waals surface area contributed by atoms with Crippen LogP contribution >= 0.6 is 0 Å². The fourth-order valence-corrected chi connectivity index (χ4v) is 3.69. The summed E-state index contributed by atoms with van der Waals surface area (Å²) in [6.07, 6.45) is 7.63. The molecule has 0 heterocycles. The van der Waals surface area contributed by atoms with Crippen molar-refractivity contribution < 1.29 is 5.11 Å². The molecule has 1 aliphatic rings. The van der Waals surface area contributed by atoms with Gasteiger partial charge in [0, 0.05) is 0 Å². The van der Waals surface area contributed by atoms with E-state index in [1.165, 1.54) is 12.8 Å². The first-order chi connectivity index (χ1) is 9.68. The highest BCUT2D eigenvalue weighted by atomic mass is 16.3. The summed E-state index contributed by atoms with van der Waals surface area (Å²) in [6.45, 7) is 2.08. The van der Waals surface area contributed by atoms with E-state index >= 15 is 0 Å². The summed E-state index contributed by atoms with van der Waals surface area (Å²) < 4.78 is 0. The number of hydrogen-bond acceptors (Lipinski definition) is 2. The number of nitrogens with zero attached hydrogens (tertiary/aromatic N) is 1. The lowest BCUT2D eigenvalue weighted by atomic mass is 9.63. The third kappa shape index (κ3) is 2.60.